The van der Waals surface area contributed by atoms with Crippen molar-refractivity contribution in [2.24, 2.45) is 0 Å². The molecule has 35 heavy (non-hydrogen) atoms. The third kappa shape index (κ3) is 17.9. The van der Waals surface area contributed by atoms with Crippen LogP contribution in [0, 0.1) is 0 Å². The Morgan fingerprint density at radius 3 is 1.00 bits per heavy atom. The molecule has 0 N–H and O–H groups in total. The van der Waals surface area contributed by atoms with Crippen LogP contribution in [0.15, 0.2) is 72.8 Å². The number of rotatable bonds is 10. The monoisotopic (exact) mass is 596 g/mol. The minimum atomic E-state index is 0. The molecule has 0 bridgehead atoms. The fourth-order valence-corrected chi connectivity index (χ4v) is 8.55. The van der Waals surface area contributed by atoms with Gasteiger partial charge in [-0.25, -0.2) is 0 Å². The van der Waals surface area contributed by atoms with Crippen molar-refractivity contribution in [2.75, 3.05) is 12.3 Å². The van der Waals surface area contributed by atoms with Crippen molar-refractivity contribution < 1.29 is 41.3 Å². The Bertz CT molecular complexity index is 692. The molecule has 0 amide bonds. The maximum Gasteiger partial charge on any atom is 2.00 e. The van der Waals surface area contributed by atoms with Crippen molar-refractivity contribution in [1.82, 2.24) is 0 Å². The second kappa shape index (κ2) is 23.0. The summed E-state index contributed by atoms with van der Waals surface area (Å²) < 4.78 is 0. The number of hydrogen-bond donors (Lipinski definition) is 0. The quantitative estimate of drug-likeness (QED) is 0.287. The molecule has 5 heteroatoms. The number of allylic oxidation sites excluding steroid dienone is 2. The summed E-state index contributed by atoms with van der Waals surface area (Å²) in [5, 5.41) is 0. The Labute approximate surface area is 242 Å². The summed E-state index contributed by atoms with van der Waals surface area (Å²) in [4.78, 5) is 0. The molecule has 0 aliphatic heterocycles. The molecule has 0 radical (unpaired) electrons. The number of benzene rings is 2. The zero-order chi connectivity index (χ0) is 23.9. The van der Waals surface area contributed by atoms with Gasteiger partial charge in [-0.15, -0.1) is 0 Å². The molecule has 0 atom stereocenters. The maximum absolute atomic E-state index is 2.35. The van der Waals surface area contributed by atoms with Crippen LogP contribution in [0.3, 0.4) is 0 Å². The zero-order valence-corrected chi connectivity index (χ0v) is 27.1. The smallest absolute Gasteiger partial charge is 1.00 e. The molecule has 0 fully saturated rings. The van der Waals surface area contributed by atoms with Gasteiger partial charge in [-0.2, -0.15) is 0 Å². The standard InChI is InChI=1S/2C15H23P.2ClH.Ni/c2*1-13(2)16(14(3)4)12-8-11-15-9-6-5-7-10-15;;;/h2*5-11,13-14H,12H2,1-4H3;2*1H;/q;;;;+2/p-2. The minimum absolute atomic E-state index is 0. The third-order valence-electron chi connectivity index (χ3n) is 5.51. The van der Waals surface area contributed by atoms with Crippen LogP contribution >= 0.6 is 15.8 Å². The normalized spacial score (nSPS) is 11.1. The molecule has 0 heterocycles. The van der Waals surface area contributed by atoms with Gasteiger partial charge in [-0.1, -0.05) is 156 Å². The molecule has 0 unspecified atom stereocenters. The van der Waals surface area contributed by atoms with Crippen LogP contribution in [0.25, 0.3) is 12.2 Å². The van der Waals surface area contributed by atoms with Crippen LogP contribution in [0.4, 0.5) is 0 Å². The Kier molecular flexibility index (Phi) is 25.9. The second-order valence-corrected chi connectivity index (χ2v) is 16.3. The van der Waals surface area contributed by atoms with Gasteiger partial charge in [0.1, 0.15) is 0 Å². The first kappa shape index (κ1) is 39.4. The van der Waals surface area contributed by atoms with Crippen molar-refractivity contribution >= 4 is 28.0 Å². The molecule has 0 aliphatic rings. The van der Waals surface area contributed by atoms with Crippen LogP contribution in [0.5, 0.6) is 0 Å². The van der Waals surface area contributed by atoms with Gasteiger partial charge in [-0.05, 0) is 46.1 Å². The van der Waals surface area contributed by atoms with E-state index >= 15 is 0 Å². The Balaban J connectivity index is -0.000000539. The van der Waals surface area contributed by atoms with E-state index in [4.69, 9.17) is 0 Å². The largest absolute Gasteiger partial charge is 2.00 e. The fraction of sp³-hybridized carbons (Fsp3) is 0.467. The summed E-state index contributed by atoms with van der Waals surface area (Å²) in [7, 11) is 0.277. The van der Waals surface area contributed by atoms with Gasteiger partial charge in [0.25, 0.3) is 0 Å². The van der Waals surface area contributed by atoms with Crippen LogP contribution in [-0.2, 0) is 16.5 Å². The SMILES string of the molecule is CC(C)P(CC=Cc1ccccc1)C(C)C.CC(C)P(CC=Cc1ccccc1)C(C)C.[Cl-].[Cl-].[Ni+2]. The predicted molar refractivity (Wildman–Crippen MR) is 155 cm³/mol. The van der Waals surface area contributed by atoms with E-state index in [0.29, 0.717) is 0 Å². The molecule has 2 aromatic rings. The van der Waals surface area contributed by atoms with Crippen molar-refractivity contribution in [2.45, 2.75) is 78.0 Å². The van der Waals surface area contributed by atoms with E-state index in [-0.39, 0.29) is 57.1 Å². The molecule has 0 saturated heterocycles. The van der Waals surface area contributed by atoms with E-state index in [2.05, 4.69) is 140 Å². The number of halogens is 2. The summed E-state index contributed by atoms with van der Waals surface area (Å²) >= 11 is 0. The molecule has 0 aliphatic carbocycles. The molecule has 0 spiro atoms. The molecule has 200 valence electrons. The zero-order valence-electron chi connectivity index (χ0n) is 22.8. The molecule has 2 aromatic carbocycles. The van der Waals surface area contributed by atoms with E-state index in [9.17, 15) is 0 Å². The topological polar surface area (TPSA) is 0 Å². The van der Waals surface area contributed by atoms with Gasteiger partial charge in [-0.3, -0.25) is 0 Å². The van der Waals surface area contributed by atoms with Gasteiger partial charge in [0.2, 0.25) is 0 Å². The summed E-state index contributed by atoms with van der Waals surface area (Å²) in [5.41, 5.74) is 5.94. The van der Waals surface area contributed by atoms with E-state index in [0.717, 1.165) is 22.6 Å². The summed E-state index contributed by atoms with van der Waals surface area (Å²) in [6.45, 7) is 18.8. The fourth-order valence-electron chi connectivity index (χ4n) is 3.79. The Morgan fingerprint density at radius 2 is 0.771 bits per heavy atom. The predicted octanol–water partition coefficient (Wildman–Crippen LogP) is 4.00. The number of hydrogen-bond acceptors (Lipinski definition) is 0. The van der Waals surface area contributed by atoms with E-state index in [1.807, 2.05) is 0 Å². The van der Waals surface area contributed by atoms with Crippen molar-refractivity contribution in [3.63, 3.8) is 0 Å². The van der Waals surface area contributed by atoms with Crippen LogP contribution in [-0.4, -0.2) is 35.0 Å². The van der Waals surface area contributed by atoms with E-state index in [1.54, 1.807) is 0 Å². The molecule has 0 saturated carbocycles. The van der Waals surface area contributed by atoms with Gasteiger partial charge >= 0.3 is 16.5 Å². The third-order valence-corrected chi connectivity index (χ3v) is 12.1. The van der Waals surface area contributed by atoms with E-state index < -0.39 is 0 Å². The average molecular weight is 598 g/mol. The molecule has 0 nitrogen and oxygen atoms in total. The van der Waals surface area contributed by atoms with Crippen molar-refractivity contribution in [1.29, 1.82) is 0 Å². The second-order valence-electron chi connectivity index (χ2n) is 9.39. The van der Waals surface area contributed by atoms with Crippen molar-refractivity contribution in [3.8, 4) is 0 Å². The maximum atomic E-state index is 2.35. The summed E-state index contributed by atoms with van der Waals surface area (Å²) in [6.07, 6.45) is 11.7. The van der Waals surface area contributed by atoms with Crippen LogP contribution in [0.1, 0.15) is 66.5 Å². The first-order valence-electron chi connectivity index (χ1n) is 12.2. The van der Waals surface area contributed by atoms with Gasteiger partial charge in [0.15, 0.2) is 0 Å². The summed E-state index contributed by atoms with van der Waals surface area (Å²) in [5.74, 6) is 0. The average Bonchev–Trinajstić information content (AvgIpc) is 2.75. The minimum Gasteiger partial charge on any atom is -1.00 e. The molecular weight excluding hydrogens is 552 g/mol. The van der Waals surface area contributed by atoms with Gasteiger partial charge in [0, 0.05) is 0 Å². The molecule has 0 aromatic heterocycles. The first-order chi connectivity index (χ1) is 15.2. The Hall–Kier alpha value is -0.146. The van der Waals surface area contributed by atoms with Crippen LogP contribution in [0.2, 0.25) is 0 Å². The molecule has 2 rings (SSSR count). The van der Waals surface area contributed by atoms with Crippen LogP contribution < -0.4 is 24.8 Å². The Morgan fingerprint density at radius 1 is 0.514 bits per heavy atom. The summed E-state index contributed by atoms with van der Waals surface area (Å²) in [6, 6.07) is 21.1. The van der Waals surface area contributed by atoms with E-state index in [1.165, 1.54) is 23.5 Å². The van der Waals surface area contributed by atoms with Crippen molar-refractivity contribution in [3.05, 3.63) is 83.9 Å². The van der Waals surface area contributed by atoms with Gasteiger partial charge in [0.05, 0.1) is 0 Å². The molecular formula is C30H46Cl2NiP2. The first-order valence-corrected chi connectivity index (χ1v) is 15.5. The van der Waals surface area contributed by atoms with Gasteiger partial charge < -0.3 is 24.8 Å².